The van der Waals surface area contributed by atoms with Gasteiger partial charge in [0.05, 0.1) is 31.1 Å². The first-order valence-corrected chi connectivity index (χ1v) is 26.7. The van der Waals surface area contributed by atoms with Gasteiger partial charge in [-0.2, -0.15) is 0 Å². The summed E-state index contributed by atoms with van der Waals surface area (Å²) in [5.74, 6) is -1.97. The van der Waals surface area contributed by atoms with Crippen LogP contribution in [0.4, 0.5) is 5.69 Å². The fourth-order valence-corrected chi connectivity index (χ4v) is 14.2. The van der Waals surface area contributed by atoms with Crippen LogP contribution in [0, 0.1) is 40.4 Å². The van der Waals surface area contributed by atoms with E-state index in [2.05, 4.69) is 30.2 Å². The fourth-order valence-electron chi connectivity index (χ4n) is 13.2. The Balaban J connectivity index is 0.979. The van der Waals surface area contributed by atoms with E-state index in [0.717, 1.165) is 36.9 Å². The van der Waals surface area contributed by atoms with Gasteiger partial charge in [-0.3, -0.25) is 14.4 Å². The number of ketones is 1. The number of hydrogen-bond acceptors (Lipinski definition) is 20. The number of hydrogen-bond donors (Lipinski definition) is 5. The predicted molar refractivity (Wildman–Crippen MR) is 255 cm³/mol. The molecule has 22 heteroatoms. The molecule has 1 aromatic heterocycles. The van der Waals surface area contributed by atoms with Crippen molar-refractivity contribution in [3.05, 3.63) is 23.8 Å². The number of ether oxygens (including phenoxy) is 6. The van der Waals surface area contributed by atoms with Crippen LogP contribution < -0.4 is 4.90 Å². The van der Waals surface area contributed by atoms with Crippen molar-refractivity contribution in [2.45, 2.75) is 171 Å². The molecule has 0 radical (unpaired) electrons. The van der Waals surface area contributed by atoms with Crippen molar-refractivity contribution >= 4 is 44.5 Å². The van der Waals surface area contributed by atoms with E-state index in [-0.39, 0.29) is 69.0 Å². The molecule has 0 bridgehead atoms. The van der Waals surface area contributed by atoms with Gasteiger partial charge in [-0.15, -0.1) is 0 Å². The second-order valence-electron chi connectivity index (χ2n) is 22.3. The molecule has 21 nitrogen and oxygen atoms in total. The lowest BCUT2D eigenvalue weighted by Crippen LogP contribution is -2.64. The Morgan fingerprint density at radius 3 is 2.29 bits per heavy atom. The summed E-state index contributed by atoms with van der Waals surface area (Å²) in [6.07, 6.45) is -5.92. The maximum atomic E-state index is 14.2. The first-order valence-electron chi connectivity index (χ1n) is 25.3. The molecular formula is C50H74N4O17S. The van der Waals surface area contributed by atoms with E-state index in [9.17, 15) is 48.3 Å². The van der Waals surface area contributed by atoms with Crippen LogP contribution in [0.15, 0.2) is 33.3 Å². The normalized spacial score (nSPS) is 38.4. The summed E-state index contributed by atoms with van der Waals surface area (Å²) in [4.78, 5) is 41.6. The zero-order valence-corrected chi connectivity index (χ0v) is 43.5. The number of anilines is 1. The molecule has 72 heavy (non-hydrogen) atoms. The highest BCUT2D eigenvalue weighted by atomic mass is 32.2. The number of benzene rings is 1. The van der Waals surface area contributed by atoms with Crippen molar-refractivity contribution in [1.82, 2.24) is 14.6 Å². The Hall–Kier alpha value is -3.68. The van der Waals surface area contributed by atoms with E-state index < -0.39 is 114 Å². The number of likely N-dealkylation sites (N-methyl/N-ethyl adjacent to an activating group) is 1. The number of fused-ring (bicyclic) bond motifs is 6. The summed E-state index contributed by atoms with van der Waals surface area (Å²) >= 11 is 0. The van der Waals surface area contributed by atoms with E-state index in [0.29, 0.717) is 25.7 Å². The number of Topliss-reactive ketones (excluding diaryl/α,β-unsaturated/α-hetero) is 1. The average molecular weight is 1040 g/mol. The third-order valence-corrected chi connectivity index (χ3v) is 19.2. The lowest BCUT2D eigenvalue weighted by Gasteiger charge is -2.59. The lowest BCUT2D eigenvalue weighted by atomic mass is 9.46. The number of aromatic nitrogens is 2. The highest BCUT2D eigenvalue weighted by Gasteiger charge is 2.70. The summed E-state index contributed by atoms with van der Waals surface area (Å²) in [5, 5.41) is 65.8. The van der Waals surface area contributed by atoms with Crippen molar-refractivity contribution in [2.24, 2.45) is 40.4 Å². The molecule has 5 N–H and O–H groups in total. The van der Waals surface area contributed by atoms with Crippen molar-refractivity contribution < 1.29 is 81.4 Å². The molecule has 17 atom stereocenters. The van der Waals surface area contributed by atoms with Crippen LogP contribution in [-0.2, 0) is 52.8 Å². The zero-order valence-electron chi connectivity index (χ0n) is 42.7. The molecule has 3 heterocycles. The van der Waals surface area contributed by atoms with Gasteiger partial charge < -0.3 is 58.9 Å². The van der Waals surface area contributed by atoms with Gasteiger partial charge in [-0.25, -0.2) is 17.4 Å². The van der Waals surface area contributed by atoms with Gasteiger partial charge in [-0.1, -0.05) is 46.3 Å². The number of aliphatic hydroxyl groups is 5. The molecule has 0 amide bonds. The summed E-state index contributed by atoms with van der Waals surface area (Å²) in [7, 11) is 0.328. The van der Waals surface area contributed by atoms with Crippen LogP contribution in [0.5, 0.6) is 0 Å². The second-order valence-corrected chi connectivity index (χ2v) is 24.4. The Morgan fingerprint density at radius 2 is 1.60 bits per heavy atom. The van der Waals surface area contributed by atoms with Crippen molar-refractivity contribution in [2.75, 3.05) is 45.8 Å². The average Bonchev–Trinajstić information content (AvgIpc) is 3.90. The van der Waals surface area contributed by atoms with Crippen LogP contribution in [-0.4, -0.2) is 174 Å². The molecule has 1 aromatic carbocycles. The summed E-state index contributed by atoms with van der Waals surface area (Å²) in [5.41, 5.74) is -0.989. The van der Waals surface area contributed by atoms with Gasteiger partial charge in [0.1, 0.15) is 47.2 Å². The molecule has 2 aliphatic heterocycles. The number of nitrogens with zero attached hydrogens (tertiary/aromatic N) is 4. The Labute approximate surface area is 420 Å². The molecule has 4 aliphatic carbocycles. The number of rotatable bonds is 16. The van der Waals surface area contributed by atoms with E-state index >= 15 is 0 Å². The molecule has 2 aromatic rings. The first kappa shape index (κ1) is 54.6. The highest BCUT2D eigenvalue weighted by molar-refractivity contribution is 7.89. The van der Waals surface area contributed by atoms with Gasteiger partial charge in [0, 0.05) is 45.8 Å². The van der Waals surface area contributed by atoms with Crippen molar-refractivity contribution in [3.63, 3.8) is 0 Å². The third kappa shape index (κ3) is 9.75. The van der Waals surface area contributed by atoms with Crippen LogP contribution >= 0.6 is 0 Å². The molecule has 2 saturated heterocycles. The van der Waals surface area contributed by atoms with Gasteiger partial charge in [0.15, 0.2) is 35.8 Å². The minimum Gasteiger partial charge on any atom is -0.456 e. The quantitative estimate of drug-likeness (QED) is 0.119. The monoisotopic (exact) mass is 1030 g/mol. The van der Waals surface area contributed by atoms with E-state index in [4.69, 9.17) is 33.1 Å². The molecular weight excluding hydrogens is 961 g/mol. The van der Waals surface area contributed by atoms with E-state index in [1.165, 1.54) is 43.7 Å². The Morgan fingerprint density at radius 1 is 0.889 bits per heavy atom. The third-order valence-electron chi connectivity index (χ3n) is 17.4. The summed E-state index contributed by atoms with van der Waals surface area (Å²) < 4.78 is 67.9. The SMILES string of the molecule is CC(=O)O[C@H]1[C@H](O[C@H]2C[C@H]3[C@@H]4CC=C5C[C@@H](O)CC[C@]5(C)[C@H]4CC[C@]3(C)[C@@]2(O)[C@H](C)C(=O)CCC(C)C)OC[C@H](O)[C@@H]1O[C@@H]1OC[C@@H](OC(=O)CN(C)c2ccc(S(=O)(=O)N(C)C)c3nonc23)[C@H](O)[C@H]1O. The maximum absolute atomic E-state index is 14.2. The van der Waals surface area contributed by atoms with Crippen LogP contribution in [0.3, 0.4) is 0 Å². The maximum Gasteiger partial charge on any atom is 0.325 e. The predicted octanol–water partition coefficient (Wildman–Crippen LogP) is 2.62. The molecule has 8 rings (SSSR count). The number of esters is 2. The number of carbonyl (C=O) groups excluding carboxylic acids is 3. The standard InChI is InChI=1S/C50H74N4O17S/c1-25(2)10-14-34(57)26(3)50(62)38(21-32-30-12-11-28-20-29(56)16-18-48(28,5)31(30)17-19-49(32,50)6)69-47-45(67-27(4)55)44(35(58)23-65-47)70-46-43(61)42(60)36(24-66-46)68-39(59)22-54(9)33-13-15-37(72(63,64)53(7)8)41-40(33)51-71-52-41/h11,13,15,25-26,29-32,35-36,38,42-47,56,58,60-62H,10,12,14,16-24H2,1-9H3/t26-,29+,30-,31+,32+,35+,36-,38+,42+,43-,44+,45-,46+,47+,48+,49+,50-/m1/s1. The number of aliphatic hydroxyl groups excluding tert-OH is 4. The Bertz CT molecular complexity index is 2470. The molecule has 5 fully saturated rings. The summed E-state index contributed by atoms with van der Waals surface area (Å²) in [6, 6.07) is 2.74. The number of carbonyl (C=O) groups is 3. The Kier molecular flexibility index (Phi) is 15.8. The van der Waals surface area contributed by atoms with E-state index in [1.54, 1.807) is 6.92 Å². The van der Waals surface area contributed by atoms with Gasteiger partial charge >= 0.3 is 11.9 Å². The second kappa shape index (κ2) is 20.8. The molecule has 0 unspecified atom stereocenters. The molecule has 402 valence electrons. The molecule has 3 saturated carbocycles. The van der Waals surface area contributed by atoms with Gasteiger partial charge in [0.25, 0.3) is 0 Å². The number of allylic oxidation sites excluding steroid dienone is 1. The van der Waals surface area contributed by atoms with Crippen molar-refractivity contribution in [3.8, 4) is 0 Å². The van der Waals surface area contributed by atoms with Gasteiger partial charge in [0.2, 0.25) is 10.0 Å². The minimum absolute atomic E-state index is 0.0498. The van der Waals surface area contributed by atoms with E-state index in [1.807, 2.05) is 13.8 Å². The first-order chi connectivity index (χ1) is 33.8. The molecule has 6 aliphatic rings. The van der Waals surface area contributed by atoms with Crippen LogP contribution in [0.25, 0.3) is 11.0 Å². The highest BCUT2D eigenvalue weighted by Crippen LogP contribution is 2.69. The largest absolute Gasteiger partial charge is 0.456 e. The van der Waals surface area contributed by atoms with Crippen LogP contribution in [0.1, 0.15) is 99.3 Å². The number of sulfonamides is 1. The molecule has 0 spiro atoms. The fraction of sp³-hybridized carbons (Fsp3) is 0.780. The zero-order chi connectivity index (χ0) is 52.4. The topological polar surface area (TPSA) is 287 Å². The smallest absolute Gasteiger partial charge is 0.325 e. The lowest BCUT2D eigenvalue weighted by molar-refractivity contribution is -0.346. The minimum atomic E-state index is -3.92. The van der Waals surface area contributed by atoms with Gasteiger partial charge in [-0.05, 0) is 103 Å². The van der Waals surface area contributed by atoms with Crippen LogP contribution in [0.2, 0.25) is 0 Å². The van der Waals surface area contributed by atoms with Crippen molar-refractivity contribution in [1.29, 1.82) is 0 Å². The summed E-state index contributed by atoms with van der Waals surface area (Å²) in [6.45, 7) is 10.1.